The summed E-state index contributed by atoms with van der Waals surface area (Å²) in [7, 11) is 0. The Labute approximate surface area is 87.7 Å². The molecule has 1 aromatic rings. The monoisotopic (exact) mass is 215 g/mol. The molecule has 1 rings (SSSR count). The first-order valence-electron chi connectivity index (χ1n) is 4.67. The van der Waals surface area contributed by atoms with Crippen molar-refractivity contribution in [3.63, 3.8) is 0 Å². The summed E-state index contributed by atoms with van der Waals surface area (Å²) in [4.78, 5) is 0. The van der Waals surface area contributed by atoms with Gasteiger partial charge in [0.2, 0.25) is 0 Å². The van der Waals surface area contributed by atoms with Crippen LogP contribution in [0.2, 0.25) is 0 Å². The Morgan fingerprint density at radius 2 is 1.80 bits per heavy atom. The molecule has 0 spiro atoms. The van der Waals surface area contributed by atoms with Crippen molar-refractivity contribution in [2.24, 2.45) is 5.73 Å². The van der Waals surface area contributed by atoms with E-state index in [1.54, 1.807) is 19.9 Å². The maximum Gasteiger partial charge on any atom is 0.263 e. The second-order valence-electron chi connectivity index (χ2n) is 4.19. The number of aliphatic hydroxyl groups excluding tert-OH is 1. The fourth-order valence-electron chi connectivity index (χ4n) is 1.29. The van der Waals surface area contributed by atoms with Gasteiger partial charge in [0.25, 0.3) is 6.43 Å². The standard InChI is InChI=1S/C11H15F2NO/c1-11(2,14)9(15)7-4-3-5-8(6-7)10(12)13/h3-6,9-10,15H,14H2,1-2H3. The molecule has 0 aromatic heterocycles. The summed E-state index contributed by atoms with van der Waals surface area (Å²) >= 11 is 0. The van der Waals surface area contributed by atoms with Crippen molar-refractivity contribution in [2.45, 2.75) is 31.9 Å². The third kappa shape index (κ3) is 2.97. The Balaban J connectivity index is 3.00. The minimum Gasteiger partial charge on any atom is -0.387 e. The van der Waals surface area contributed by atoms with Crippen molar-refractivity contribution < 1.29 is 13.9 Å². The Kier molecular flexibility index (Phi) is 3.42. The first kappa shape index (κ1) is 12.1. The Bertz CT molecular complexity index is 334. The molecule has 0 aliphatic carbocycles. The van der Waals surface area contributed by atoms with Crippen LogP contribution in [-0.2, 0) is 0 Å². The molecule has 0 fully saturated rings. The molecular weight excluding hydrogens is 200 g/mol. The van der Waals surface area contributed by atoms with E-state index in [0.717, 1.165) is 0 Å². The molecular formula is C11H15F2NO. The van der Waals surface area contributed by atoms with E-state index in [1.165, 1.54) is 18.2 Å². The minimum absolute atomic E-state index is 0.101. The summed E-state index contributed by atoms with van der Waals surface area (Å²) in [5, 5.41) is 9.79. The maximum atomic E-state index is 12.4. The van der Waals surface area contributed by atoms with Crippen LogP contribution in [0.15, 0.2) is 24.3 Å². The van der Waals surface area contributed by atoms with Crippen LogP contribution < -0.4 is 5.73 Å². The van der Waals surface area contributed by atoms with Crippen molar-refractivity contribution >= 4 is 0 Å². The molecule has 0 aliphatic rings. The topological polar surface area (TPSA) is 46.2 Å². The molecule has 1 unspecified atom stereocenters. The van der Waals surface area contributed by atoms with Crippen LogP contribution in [0.1, 0.15) is 37.5 Å². The first-order chi connectivity index (χ1) is 6.82. The van der Waals surface area contributed by atoms with Crippen molar-refractivity contribution in [3.05, 3.63) is 35.4 Å². The van der Waals surface area contributed by atoms with Gasteiger partial charge >= 0.3 is 0 Å². The van der Waals surface area contributed by atoms with Gasteiger partial charge in [-0.1, -0.05) is 18.2 Å². The zero-order valence-corrected chi connectivity index (χ0v) is 8.74. The Morgan fingerprint density at radius 1 is 1.27 bits per heavy atom. The van der Waals surface area contributed by atoms with Crippen LogP contribution in [0.4, 0.5) is 8.78 Å². The molecule has 0 saturated heterocycles. The highest BCUT2D eigenvalue weighted by atomic mass is 19.3. The maximum absolute atomic E-state index is 12.4. The van der Waals surface area contributed by atoms with Crippen LogP contribution in [0.25, 0.3) is 0 Å². The van der Waals surface area contributed by atoms with Gasteiger partial charge in [0, 0.05) is 11.1 Å². The zero-order valence-electron chi connectivity index (χ0n) is 8.74. The van der Waals surface area contributed by atoms with Crippen LogP contribution in [0.5, 0.6) is 0 Å². The molecule has 0 heterocycles. The summed E-state index contributed by atoms with van der Waals surface area (Å²) in [5.74, 6) is 0. The Morgan fingerprint density at radius 3 is 2.27 bits per heavy atom. The number of rotatable bonds is 3. The van der Waals surface area contributed by atoms with Crippen molar-refractivity contribution in [3.8, 4) is 0 Å². The summed E-state index contributed by atoms with van der Waals surface area (Å²) < 4.78 is 24.8. The first-order valence-corrected chi connectivity index (χ1v) is 4.67. The van der Waals surface area contributed by atoms with E-state index >= 15 is 0 Å². The van der Waals surface area contributed by atoms with Crippen LogP contribution in [-0.4, -0.2) is 10.6 Å². The van der Waals surface area contributed by atoms with Crippen LogP contribution in [0, 0.1) is 0 Å². The van der Waals surface area contributed by atoms with E-state index in [1.807, 2.05) is 0 Å². The van der Waals surface area contributed by atoms with Crippen molar-refractivity contribution in [1.29, 1.82) is 0 Å². The van der Waals surface area contributed by atoms with Gasteiger partial charge in [0.15, 0.2) is 0 Å². The lowest BCUT2D eigenvalue weighted by atomic mass is 9.92. The lowest BCUT2D eigenvalue weighted by Crippen LogP contribution is -2.39. The molecule has 84 valence electrons. The smallest absolute Gasteiger partial charge is 0.263 e. The van der Waals surface area contributed by atoms with E-state index in [4.69, 9.17) is 5.73 Å². The van der Waals surface area contributed by atoms with Gasteiger partial charge in [-0.2, -0.15) is 0 Å². The molecule has 0 saturated carbocycles. The highest BCUT2D eigenvalue weighted by molar-refractivity contribution is 5.27. The largest absolute Gasteiger partial charge is 0.387 e. The van der Waals surface area contributed by atoms with Gasteiger partial charge in [-0.15, -0.1) is 0 Å². The predicted octanol–water partition coefficient (Wildman–Crippen LogP) is 2.39. The summed E-state index contributed by atoms with van der Waals surface area (Å²) in [6, 6.07) is 5.69. The average Bonchev–Trinajstić information content (AvgIpc) is 2.15. The molecule has 0 bridgehead atoms. The predicted molar refractivity (Wildman–Crippen MR) is 54.6 cm³/mol. The van der Waals surface area contributed by atoms with Gasteiger partial charge in [0.05, 0.1) is 6.10 Å². The van der Waals surface area contributed by atoms with E-state index in [2.05, 4.69) is 0 Å². The second kappa shape index (κ2) is 4.24. The van der Waals surface area contributed by atoms with E-state index in [9.17, 15) is 13.9 Å². The number of nitrogens with two attached hydrogens (primary N) is 1. The van der Waals surface area contributed by atoms with Crippen LogP contribution >= 0.6 is 0 Å². The summed E-state index contributed by atoms with van der Waals surface area (Å²) in [6.07, 6.45) is -3.48. The Hall–Kier alpha value is -1.00. The lowest BCUT2D eigenvalue weighted by molar-refractivity contribution is 0.104. The van der Waals surface area contributed by atoms with Gasteiger partial charge in [-0.25, -0.2) is 8.78 Å². The fraction of sp³-hybridized carbons (Fsp3) is 0.455. The molecule has 2 nitrogen and oxygen atoms in total. The molecule has 0 amide bonds. The highest BCUT2D eigenvalue weighted by Gasteiger charge is 2.24. The highest BCUT2D eigenvalue weighted by Crippen LogP contribution is 2.27. The third-order valence-electron chi connectivity index (χ3n) is 2.18. The van der Waals surface area contributed by atoms with Gasteiger partial charge in [0.1, 0.15) is 0 Å². The molecule has 1 aromatic carbocycles. The second-order valence-corrected chi connectivity index (χ2v) is 4.19. The summed E-state index contributed by atoms with van der Waals surface area (Å²) in [6.45, 7) is 3.29. The van der Waals surface area contributed by atoms with Crippen molar-refractivity contribution in [2.75, 3.05) is 0 Å². The lowest BCUT2D eigenvalue weighted by Gasteiger charge is -2.26. The molecule has 15 heavy (non-hydrogen) atoms. The van der Waals surface area contributed by atoms with Gasteiger partial charge in [-0.3, -0.25) is 0 Å². The molecule has 0 radical (unpaired) electrons. The normalized spacial score (nSPS) is 14.3. The molecule has 3 N–H and O–H groups in total. The minimum atomic E-state index is -2.53. The third-order valence-corrected chi connectivity index (χ3v) is 2.18. The number of aliphatic hydroxyl groups is 1. The van der Waals surface area contributed by atoms with E-state index in [-0.39, 0.29) is 5.56 Å². The fourth-order valence-corrected chi connectivity index (χ4v) is 1.29. The zero-order chi connectivity index (χ0) is 11.6. The number of halogens is 2. The average molecular weight is 215 g/mol. The summed E-state index contributed by atoms with van der Waals surface area (Å²) in [5.41, 5.74) is 5.17. The van der Waals surface area contributed by atoms with E-state index < -0.39 is 18.1 Å². The quantitative estimate of drug-likeness (QED) is 0.813. The number of alkyl halides is 2. The molecule has 4 heteroatoms. The number of benzene rings is 1. The SMILES string of the molecule is CC(C)(N)C(O)c1cccc(C(F)F)c1. The van der Waals surface area contributed by atoms with Crippen molar-refractivity contribution in [1.82, 2.24) is 0 Å². The van der Waals surface area contributed by atoms with Gasteiger partial charge in [-0.05, 0) is 25.5 Å². The number of hydrogen-bond acceptors (Lipinski definition) is 2. The molecule has 1 atom stereocenters. The molecule has 0 aliphatic heterocycles. The van der Waals surface area contributed by atoms with E-state index in [0.29, 0.717) is 5.56 Å². The van der Waals surface area contributed by atoms with Crippen LogP contribution in [0.3, 0.4) is 0 Å². The number of hydrogen-bond donors (Lipinski definition) is 2. The van der Waals surface area contributed by atoms with Gasteiger partial charge < -0.3 is 10.8 Å².